The van der Waals surface area contributed by atoms with Gasteiger partial charge in [0.15, 0.2) is 0 Å². The van der Waals surface area contributed by atoms with Crippen molar-refractivity contribution in [2.24, 2.45) is 5.10 Å². The number of aromatic nitrogens is 2. The van der Waals surface area contributed by atoms with Crippen LogP contribution in [-0.2, 0) is 0 Å². The Morgan fingerprint density at radius 3 is 2.15 bits per heavy atom. The van der Waals surface area contributed by atoms with Gasteiger partial charge in [-0.25, -0.2) is 0 Å². The smallest absolute Gasteiger partial charge is 0.118 e. The normalized spacial score (nSPS) is 16.3. The Hall–Kier alpha value is -3.47. The molecule has 5 heteroatoms. The first-order valence-corrected chi connectivity index (χ1v) is 8.37. The number of hydrogen-bond donors (Lipinski definition) is 1. The summed E-state index contributed by atoms with van der Waals surface area (Å²) in [6, 6.07) is 19.7. The molecule has 2 aromatic heterocycles. The van der Waals surface area contributed by atoms with Gasteiger partial charge in [-0.15, -0.1) is 0 Å². The summed E-state index contributed by atoms with van der Waals surface area (Å²) in [6.07, 6.45) is 5.69. The largest absolute Gasteiger partial charge is 0.497 e. The van der Waals surface area contributed by atoms with Gasteiger partial charge in [0.1, 0.15) is 5.75 Å². The number of benzene rings is 1. The van der Waals surface area contributed by atoms with E-state index in [4.69, 9.17) is 4.74 Å². The summed E-state index contributed by atoms with van der Waals surface area (Å²) in [4.78, 5) is 8.89. The third-order valence-corrected chi connectivity index (χ3v) is 4.27. The van der Waals surface area contributed by atoms with E-state index in [0.29, 0.717) is 0 Å². The van der Waals surface area contributed by atoms with Gasteiger partial charge in [0, 0.05) is 12.4 Å². The third-order valence-electron chi connectivity index (χ3n) is 4.27. The highest BCUT2D eigenvalue weighted by atomic mass is 16.5. The quantitative estimate of drug-likeness (QED) is 0.787. The lowest BCUT2D eigenvalue weighted by Gasteiger charge is -2.23. The minimum Gasteiger partial charge on any atom is -0.497 e. The molecule has 0 spiro atoms. The summed E-state index contributed by atoms with van der Waals surface area (Å²) in [7, 11) is 1.67. The Balaban J connectivity index is 1.77. The molecule has 1 atom stereocenters. The van der Waals surface area contributed by atoms with E-state index in [1.807, 2.05) is 48.5 Å². The number of nitrogens with one attached hydrogen (secondary N) is 1. The van der Waals surface area contributed by atoms with E-state index in [0.717, 1.165) is 34.1 Å². The number of ether oxygens (including phenoxy) is 1. The summed E-state index contributed by atoms with van der Waals surface area (Å²) >= 11 is 0. The molecule has 3 aromatic rings. The first-order valence-electron chi connectivity index (χ1n) is 8.37. The van der Waals surface area contributed by atoms with E-state index in [2.05, 4.69) is 38.7 Å². The molecule has 3 heterocycles. The van der Waals surface area contributed by atoms with E-state index in [1.165, 1.54) is 0 Å². The zero-order valence-electron chi connectivity index (χ0n) is 14.3. The lowest BCUT2D eigenvalue weighted by molar-refractivity contribution is 0.414. The number of pyridine rings is 2. The molecule has 0 amide bonds. The molecule has 1 N–H and O–H groups in total. The van der Waals surface area contributed by atoms with E-state index >= 15 is 0 Å². The summed E-state index contributed by atoms with van der Waals surface area (Å²) in [5, 5.41) is 4.62. The van der Waals surface area contributed by atoms with Gasteiger partial charge in [-0.2, -0.15) is 5.10 Å². The van der Waals surface area contributed by atoms with Crippen LogP contribution >= 0.6 is 0 Å². The van der Waals surface area contributed by atoms with Crippen molar-refractivity contribution in [3.05, 3.63) is 96.1 Å². The molecule has 1 unspecified atom stereocenters. The average Bonchev–Trinajstić information content (AvgIpc) is 2.75. The molecule has 0 aliphatic carbocycles. The second kappa shape index (κ2) is 7.19. The van der Waals surface area contributed by atoms with Crippen LogP contribution in [0.5, 0.6) is 5.75 Å². The van der Waals surface area contributed by atoms with Crippen molar-refractivity contribution >= 4 is 11.4 Å². The third kappa shape index (κ3) is 3.19. The highest BCUT2D eigenvalue weighted by molar-refractivity contribution is 6.06. The second-order valence-electron chi connectivity index (χ2n) is 5.87. The lowest BCUT2D eigenvalue weighted by atomic mass is 9.89. The molecule has 0 fully saturated rings. The summed E-state index contributed by atoms with van der Waals surface area (Å²) in [5.41, 5.74) is 7.70. The van der Waals surface area contributed by atoms with E-state index < -0.39 is 0 Å². The number of rotatable bonds is 4. The number of allylic oxidation sites excluding steroid dienone is 1. The Morgan fingerprint density at radius 2 is 1.54 bits per heavy atom. The summed E-state index contributed by atoms with van der Waals surface area (Å²) in [5.74, 6) is 0.794. The Bertz CT molecular complexity index is 935. The van der Waals surface area contributed by atoms with Crippen LogP contribution < -0.4 is 10.2 Å². The maximum absolute atomic E-state index is 5.28. The number of methoxy groups -OCH3 is 1. The molecule has 1 aliphatic heterocycles. The minimum atomic E-state index is -0.0333. The van der Waals surface area contributed by atoms with Gasteiger partial charge in [-0.05, 0) is 48.0 Å². The fraction of sp³-hybridized carbons (Fsp3) is 0.0952. The first-order chi connectivity index (χ1) is 12.8. The van der Waals surface area contributed by atoms with Gasteiger partial charge >= 0.3 is 0 Å². The van der Waals surface area contributed by atoms with Crippen molar-refractivity contribution in [1.29, 1.82) is 0 Å². The molecule has 0 radical (unpaired) electrons. The first kappa shape index (κ1) is 16.0. The highest BCUT2D eigenvalue weighted by Gasteiger charge is 2.24. The van der Waals surface area contributed by atoms with Crippen molar-refractivity contribution < 1.29 is 4.74 Å². The Labute approximate surface area is 152 Å². The maximum atomic E-state index is 5.28. The second-order valence-corrected chi connectivity index (χ2v) is 5.87. The number of nitrogens with zero attached hydrogens (tertiary/aromatic N) is 3. The summed E-state index contributed by atoms with van der Waals surface area (Å²) < 4.78 is 5.28. The molecular weight excluding hydrogens is 324 g/mol. The van der Waals surface area contributed by atoms with Crippen LogP contribution in [-0.4, -0.2) is 22.8 Å². The molecule has 5 nitrogen and oxygen atoms in total. The van der Waals surface area contributed by atoms with Crippen LogP contribution in [0.25, 0.3) is 5.70 Å². The Kier molecular flexibility index (Phi) is 4.43. The standard InChI is InChI=1S/C21H18N4O/c1-26-16-10-8-15(9-11-16)17-14-20(18-6-2-4-12-22-18)24-25-21(17)19-7-3-5-13-23-19/h2-14,17,24H,1H3. The summed E-state index contributed by atoms with van der Waals surface area (Å²) in [6.45, 7) is 0. The topological polar surface area (TPSA) is 59.4 Å². The van der Waals surface area contributed by atoms with Crippen molar-refractivity contribution in [1.82, 2.24) is 15.4 Å². The van der Waals surface area contributed by atoms with Gasteiger partial charge < -0.3 is 4.74 Å². The van der Waals surface area contributed by atoms with Crippen LogP contribution in [0.4, 0.5) is 0 Å². The highest BCUT2D eigenvalue weighted by Crippen LogP contribution is 2.29. The van der Waals surface area contributed by atoms with Crippen LogP contribution in [0.15, 0.2) is 84.2 Å². The van der Waals surface area contributed by atoms with E-state index in [1.54, 1.807) is 19.5 Å². The van der Waals surface area contributed by atoms with Crippen molar-refractivity contribution in [2.75, 3.05) is 7.11 Å². The van der Waals surface area contributed by atoms with Crippen LogP contribution in [0.1, 0.15) is 22.9 Å². The molecule has 128 valence electrons. The van der Waals surface area contributed by atoms with Gasteiger partial charge in [-0.1, -0.05) is 24.3 Å². The predicted molar refractivity (Wildman–Crippen MR) is 102 cm³/mol. The van der Waals surface area contributed by atoms with E-state index in [9.17, 15) is 0 Å². The van der Waals surface area contributed by atoms with Gasteiger partial charge in [0.2, 0.25) is 0 Å². The molecular formula is C21H18N4O. The Morgan fingerprint density at radius 1 is 0.846 bits per heavy atom. The minimum absolute atomic E-state index is 0.0333. The predicted octanol–water partition coefficient (Wildman–Crippen LogP) is 3.62. The van der Waals surface area contributed by atoms with Crippen molar-refractivity contribution in [2.45, 2.75) is 5.92 Å². The maximum Gasteiger partial charge on any atom is 0.118 e. The lowest BCUT2D eigenvalue weighted by Crippen LogP contribution is -2.24. The van der Waals surface area contributed by atoms with E-state index in [-0.39, 0.29) is 5.92 Å². The molecule has 1 aliphatic rings. The molecule has 1 aromatic carbocycles. The van der Waals surface area contributed by atoms with Crippen LogP contribution in [0.3, 0.4) is 0 Å². The molecule has 0 saturated carbocycles. The SMILES string of the molecule is COc1ccc(C2C=C(c3ccccn3)NN=C2c2ccccn2)cc1. The van der Waals surface area contributed by atoms with Crippen molar-refractivity contribution in [3.63, 3.8) is 0 Å². The fourth-order valence-electron chi connectivity index (χ4n) is 2.93. The van der Waals surface area contributed by atoms with Crippen LogP contribution in [0, 0.1) is 0 Å². The van der Waals surface area contributed by atoms with Crippen LogP contribution in [0.2, 0.25) is 0 Å². The monoisotopic (exact) mass is 342 g/mol. The molecule has 0 saturated heterocycles. The zero-order valence-corrected chi connectivity index (χ0v) is 14.3. The molecule has 4 rings (SSSR count). The molecule has 0 bridgehead atoms. The van der Waals surface area contributed by atoms with Gasteiger partial charge in [0.25, 0.3) is 0 Å². The fourth-order valence-corrected chi connectivity index (χ4v) is 2.93. The number of hydrogen-bond acceptors (Lipinski definition) is 5. The average molecular weight is 342 g/mol. The number of hydrazone groups is 1. The van der Waals surface area contributed by atoms with Gasteiger partial charge in [0.05, 0.1) is 35.8 Å². The molecule has 26 heavy (non-hydrogen) atoms. The van der Waals surface area contributed by atoms with Crippen molar-refractivity contribution in [3.8, 4) is 5.75 Å². The van der Waals surface area contributed by atoms with Gasteiger partial charge in [-0.3, -0.25) is 15.4 Å². The zero-order chi connectivity index (χ0) is 17.8.